The molecule has 2 fully saturated rings. The second-order valence-corrected chi connectivity index (χ2v) is 7.49. The first-order valence-electron chi connectivity index (χ1n) is 10.1. The molecule has 8 heteroatoms. The van der Waals surface area contributed by atoms with Crippen LogP contribution in [0.5, 0.6) is 0 Å². The van der Waals surface area contributed by atoms with Gasteiger partial charge in [0, 0.05) is 59.1 Å². The number of rotatable bonds is 5. The maximum absolute atomic E-state index is 12.6. The number of nitrogens with one attached hydrogen (secondary N) is 1. The average Bonchev–Trinajstić information content (AvgIpc) is 3.36. The lowest BCUT2D eigenvalue weighted by molar-refractivity contribution is -0.135. The van der Waals surface area contributed by atoms with Crippen LogP contribution in [0.3, 0.4) is 0 Å². The zero-order valence-electron chi connectivity index (χ0n) is 16.9. The number of carbonyl (C=O) groups excluding carboxylic acids is 1. The van der Waals surface area contributed by atoms with Crippen molar-refractivity contribution in [3.63, 3.8) is 0 Å². The quantitative estimate of drug-likeness (QED) is 0.596. The Balaban J connectivity index is 1.43. The van der Waals surface area contributed by atoms with Gasteiger partial charge in [-0.05, 0) is 32.3 Å². The number of aromatic nitrogens is 2. The Bertz CT molecular complexity index is 642. The Morgan fingerprint density at radius 1 is 1.19 bits per heavy atom. The van der Waals surface area contributed by atoms with Crippen molar-refractivity contribution in [3.05, 3.63) is 18.0 Å². The summed E-state index contributed by atoms with van der Waals surface area (Å²) < 4.78 is 1.94. The molecular weight excluding hydrogens is 342 g/mol. The van der Waals surface area contributed by atoms with Gasteiger partial charge in [-0.25, -0.2) is 0 Å². The number of aryl methyl sites for hydroxylation is 1. The van der Waals surface area contributed by atoms with Crippen LogP contribution in [-0.4, -0.2) is 95.2 Å². The number of carbonyl (C=O) groups is 1. The molecule has 8 nitrogen and oxygen atoms in total. The Labute approximate surface area is 162 Å². The SMILES string of the molecule is CN=C(NCCn1cc(C)cn1)N1CCN(C(C)C(=O)N2CCCC2)CC1. The summed E-state index contributed by atoms with van der Waals surface area (Å²) in [5, 5.41) is 7.74. The van der Waals surface area contributed by atoms with Crippen molar-refractivity contribution in [3.8, 4) is 0 Å². The fraction of sp³-hybridized carbons (Fsp3) is 0.737. The molecule has 0 radical (unpaired) electrons. The van der Waals surface area contributed by atoms with Crippen LogP contribution in [0, 0.1) is 6.92 Å². The Morgan fingerprint density at radius 2 is 1.89 bits per heavy atom. The zero-order valence-corrected chi connectivity index (χ0v) is 16.9. The second-order valence-electron chi connectivity index (χ2n) is 7.49. The Hall–Kier alpha value is -2.09. The molecule has 1 aromatic heterocycles. The fourth-order valence-electron chi connectivity index (χ4n) is 3.88. The Morgan fingerprint density at radius 3 is 2.48 bits per heavy atom. The predicted octanol–water partition coefficient (Wildman–Crippen LogP) is 0.395. The van der Waals surface area contributed by atoms with Crippen molar-refractivity contribution in [1.82, 2.24) is 29.8 Å². The summed E-state index contributed by atoms with van der Waals surface area (Å²) in [5.41, 5.74) is 1.17. The van der Waals surface area contributed by atoms with Gasteiger partial charge < -0.3 is 15.1 Å². The van der Waals surface area contributed by atoms with Crippen LogP contribution in [0.2, 0.25) is 0 Å². The molecule has 1 amide bonds. The number of hydrogen-bond acceptors (Lipinski definition) is 4. The minimum absolute atomic E-state index is 0.0247. The summed E-state index contributed by atoms with van der Waals surface area (Å²) in [4.78, 5) is 23.6. The minimum Gasteiger partial charge on any atom is -0.354 e. The van der Waals surface area contributed by atoms with Crippen molar-refractivity contribution in [2.75, 3.05) is 52.9 Å². The molecule has 2 aliphatic rings. The molecule has 1 aromatic rings. The molecule has 3 heterocycles. The van der Waals surface area contributed by atoms with E-state index in [-0.39, 0.29) is 11.9 Å². The van der Waals surface area contributed by atoms with E-state index in [0.717, 1.165) is 71.2 Å². The van der Waals surface area contributed by atoms with Crippen molar-refractivity contribution in [2.45, 2.75) is 39.3 Å². The molecular formula is C19H33N7O. The molecule has 0 bridgehead atoms. The molecule has 3 rings (SSSR count). The van der Waals surface area contributed by atoms with Gasteiger partial charge >= 0.3 is 0 Å². The first-order valence-corrected chi connectivity index (χ1v) is 10.1. The number of guanidine groups is 1. The summed E-state index contributed by atoms with van der Waals surface area (Å²) in [5.74, 6) is 1.22. The third-order valence-electron chi connectivity index (χ3n) is 5.53. The van der Waals surface area contributed by atoms with Gasteiger partial charge in [-0.15, -0.1) is 0 Å². The molecule has 0 spiro atoms. The lowest BCUT2D eigenvalue weighted by atomic mass is 10.2. The van der Waals surface area contributed by atoms with Crippen molar-refractivity contribution < 1.29 is 4.79 Å². The monoisotopic (exact) mass is 375 g/mol. The van der Waals surface area contributed by atoms with Gasteiger partial charge in [0.15, 0.2) is 5.96 Å². The molecule has 1 unspecified atom stereocenters. The van der Waals surface area contributed by atoms with Crippen LogP contribution >= 0.6 is 0 Å². The van der Waals surface area contributed by atoms with Crippen LogP contribution in [-0.2, 0) is 11.3 Å². The van der Waals surface area contributed by atoms with Crippen LogP contribution in [0.4, 0.5) is 0 Å². The van der Waals surface area contributed by atoms with E-state index in [1.165, 1.54) is 5.56 Å². The molecule has 0 aromatic carbocycles. The zero-order chi connectivity index (χ0) is 19.2. The van der Waals surface area contributed by atoms with E-state index in [4.69, 9.17) is 0 Å². The summed E-state index contributed by atoms with van der Waals surface area (Å²) >= 11 is 0. The van der Waals surface area contributed by atoms with E-state index >= 15 is 0 Å². The number of nitrogens with zero attached hydrogens (tertiary/aromatic N) is 6. The normalized spacial score (nSPS) is 20.2. The highest BCUT2D eigenvalue weighted by Gasteiger charge is 2.30. The second kappa shape index (κ2) is 9.21. The van der Waals surface area contributed by atoms with Crippen LogP contribution in [0.1, 0.15) is 25.3 Å². The molecule has 1 atom stereocenters. The third kappa shape index (κ3) is 5.00. The molecule has 150 valence electrons. The molecule has 1 N–H and O–H groups in total. The molecule has 0 saturated carbocycles. The van der Waals surface area contributed by atoms with E-state index < -0.39 is 0 Å². The number of likely N-dealkylation sites (tertiary alicyclic amines) is 1. The maximum atomic E-state index is 12.6. The van der Waals surface area contributed by atoms with E-state index in [1.807, 2.05) is 35.9 Å². The number of aliphatic imine (C=N–C) groups is 1. The van der Waals surface area contributed by atoms with Crippen molar-refractivity contribution in [1.29, 1.82) is 0 Å². The molecule has 0 aliphatic carbocycles. The fourth-order valence-corrected chi connectivity index (χ4v) is 3.88. The van der Waals surface area contributed by atoms with E-state index in [2.05, 4.69) is 32.1 Å². The Kier molecular flexibility index (Phi) is 6.71. The standard InChI is InChI=1S/C19H33N7O/c1-16-14-22-26(15-16)9-6-21-19(20-3)25-12-10-23(11-13-25)17(2)18(27)24-7-4-5-8-24/h14-15,17H,4-13H2,1-3H3,(H,20,21). The van der Waals surface area contributed by atoms with Gasteiger partial charge in [0.1, 0.15) is 0 Å². The number of amides is 1. The van der Waals surface area contributed by atoms with E-state index in [0.29, 0.717) is 0 Å². The average molecular weight is 376 g/mol. The van der Waals surface area contributed by atoms with Crippen LogP contribution < -0.4 is 5.32 Å². The predicted molar refractivity (Wildman–Crippen MR) is 107 cm³/mol. The maximum Gasteiger partial charge on any atom is 0.239 e. The molecule has 27 heavy (non-hydrogen) atoms. The van der Waals surface area contributed by atoms with Gasteiger partial charge in [0.05, 0.1) is 18.8 Å². The lowest BCUT2D eigenvalue weighted by Gasteiger charge is -2.39. The van der Waals surface area contributed by atoms with Gasteiger partial charge in [0.25, 0.3) is 0 Å². The van der Waals surface area contributed by atoms with Gasteiger partial charge in [-0.1, -0.05) is 0 Å². The largest absolute Gasteiger partial charge is 0.354 e. The molecule has 2 saturated heterocycles. The first-order chi connectivity index (χ1) is 13.1. The highest BCUT2D eigenvalue weighted by Crippen LogP contribution is 2.14. The van der Waals surface area contributed by atoms with E-state index in [9.17, 15) is 4.79 Å². The van der Waals surface area contributed by atoms with Crippen LogP contribution in [0.15, 0.2) is 17.4 Å². The third-order valence-corrected chi connectivity index (χ3v) is 5.53. The highest BCUT2D eigenvalue weighted by molar-refractivity contribution is 5.82. The summed E-state index contributed by atoms with van der Waals surface area (Å²) in [6.45, 7) is 11.1. The van der Waals surface area contributed by atoms with Crippen molar-refractivity contribution >= 4 is 11.9 Å². The summed E-state index contributed by atoms with van der Waals surface area (Å²) in [7, 11) is 1.83. The lowest BCUT2D eigenvalue weighted by Crippen LogP contribution is -2.57. The first kappa shape index (κ1) is 19.7. The summed E-state index contributed by atoms with van der Waals surface area (Å²) in [6.07, 6.45) is 6.21. The van der Waals surface area contributed by atoms with Crippen LogP contribution in [0.25, 0.3) is 0 Å². The van der Waals surface area contributed by atoms with Crippen molar-refractivity contribution in [2.24, 2.45) is 4.99 Å². The van der Waals surface area contributed by atoms with E-state index in [1.54, 1.807) is 0 Å². The van der Waals surface area contributed by atoms with Gasteiger partial charge in [-0.3, -0.25) is 19.4 Å². The number of hydrogen-bond donors (Lipinski definition) is 1. The summed E-state index contributed by atoms with van der Waals surface area (Å²) in [6, 6.07) is -0.0247. The number of piperazine rings is 1. The minimum atomic E-state index is -0.0247. The highest BCUT2D eigenvalue weighted by atomic mass is 16.2. The van der Waals surface area contributed by atoms with Gasteiger partial charge in [0.2, 0.25) is 5.91 Å². The topological polar surface area (TPSA) is 69.0 Å². The smallest absolute Gasteiger partial charge is 0.239 e. The molecule has 2 aliphatic heterocycles. The van der Waals surface area contributed by atoms with Gasteiger partial charge in [-0.2, -0.15) is 5.10 Å².